The third-order valence-electron chi connectivity index (χ3n) is 2.85. The van der Waals surface area contributed by atoms with Crippen LogP contribution in [0.4, 0.5) is 11.5 Å². The lowest BCUT2D eigenvalue weighted by atomic mass is 10.2. The number of nitrogens with zero attached hydrogens (tertiary/aromatic N) is 2. The second-order valence-electron chi connectivity index (χ2n) is 4.40. The van der Waals surface area contributed by atoms with Crippen molar-refractivity contribution >= 4 is 23.5 Å². The maximum Gasteiger partial charge on any atom is 0.288 e. The van der Waals surface area contributed by atoms with E-state index in [1.165, 1.54) is 0 Å². The summed E-state index contributed by atoms with van der Waals surface area (Å²) in [4.78, 5) is 25.3. The molecule has 0 spiro atoms. The molecule has 0 aliphatic heterocycles. The van der Waals surface area contributed by atoms with Gasteiger partial charge in [0.2, 0.25) is 0 Å². The molecule has 2 aromatic rings. The lowest BCUT2D eigenvalue weighted by molar-refractivity contribution is -0.385. The third-order valence-corrected chi connectivity index (χ3v) is 2.85. The number of hydrogen-bond acceptors (Lipinski definition) is 5. The van der Waals surface area contributed by atoms with E-state index in [9.17, 15) is 14.9 Å². The molecule has 0 saturated heterocycles. The second kappa shape index (κ2) is 6.98. The van der Waals surface area contributed by atoms with Crippen LogP contribution < -0.4 is 11.1 Å². The fourth-order valence-electron chi connectivity index (χ4n) is 1.80. The summed E-state index contributed by atoms with van der Waals surface area (Å²) >= 11 is 0. The van der Waals surface area contributed by atoms with E-state index in [1.54, 1.807) is 0 Å². The molecule has 1 heterocycles. The van der Waals surface area contributed by atoms with Gasteiger partial charge in [-0.2, -0.15) is 0 Å². The van der Waals surface area contributed by atoms with Crippen LogP contribution in [-0.4, -0.2) is 22.4 Å². The van der Waals surface area contributed by atoms with E-state index >= 15 is 0 Å². The van der Waals surface area contributed by atoms with Crippen molar-refractivity contribution in [2.75, 3.05) is 11.9 Å². The molecule has 0 aliphatic carbocycles. The lowest BCUT2D eigenvalue weighted by Gasteiger charge is -2.06. The van der Waals surface area contributed by atoms with Gasteiger partial charge in [0.1, 0.15) is 12.0 Å². The summed E-state index contributed by atoms with van der Waals surface area (Å²) in [6.45, 7) is 0.403. The van der Waals surface area contributed by atoms with Crippen molar-refractivity contribution in [3.63, 3.8) is 0 Å². The van der Waals surface area contributed by atoms with Crippen LogP contribution in [0.2, 0.25) is 0 Å². The molecule has 0 bridgehead atoms. The number of hydrogen-bond donors (Lipinski definition) is 2. The van der Waals surface area contributed by atoms with E-state index in [4.69, 9.17) is 5.73 Å². The highest BCUT2D eigenvalue weighted by atomic mass is 16.6. The molecule has 22 heavy (non-hydrogen) atoms. The van der Waals surface area contributed by atoms with Gasteiger partial charge in [0.15, 0.2) is 0 Å². The molecule has 1 aromatic carbocycles. The van der Waals surface area contributed by atoms with Gasteiger partial charge in [0.05, 0.1) is 10.5 Å². The van der Waals surface area contributed by atoms with Crippen LogP contribution in [0.3, 0.4) is 0 Å². The molecule has 0 aliphatic rings. The first-order valence-electron chi connectivity index (χ1n) is 6.47. The Balaban J connectivity index is 2.08. The highest BCUT2D eigenvalue weighted by molar-refractivity contribution is 5.98. The van der Waals surface area contributed by atoms with E-state index in [-0.39, 0.29) is 17.1 Å². The fourth-order valence-corrected chi connectivity index (χ4v) is 1.80. The number of nitro groups is 1. The Morgan fingerprint density at radius 3 is 2.73 bits per heavy atom. The minimum atomic E-state index is -0.772. The molecule has 112 valence electrons. The van der Waals surface area contributed by atoms with Crippen LogP contribution in [0.15, 0.2) is 48.7 Å². The molecule has 0 atom stereocenters. The zero-order chi connectivity index (χ0) is 15.9. The highest BCUT2D eigenvalue weighted by Gasteiger charge is 2.15. The Hall–Kier alpha value is -3.22. The van der Waals surface area contributed by atoms with E-state index in [2.05, 4.69) is 10.3 Å². The number of rotatable bonds is 6. The Kier molecular flexibility index (Phi) is 4.81. The van der Waals surface area contributed by atoms with Crippen molar-refractivity contribution in [2.24, 2.45) is 5.73 Å². The number of pyridine rings is 1. The second-order valence-corrected chi connectivity index (χ2v) is 4.40. The summed E-state index contributed by atoms with van der Waals surface area (Å²) in [5.41, 5.74) is 5.97. The molecular formula is C15H14N4O3. The lowest BCUT2D eigenvalue weighted by Crippen LogP contribution is -2.16. The van der Waals surface area contributed by atoms with Gasteiger partial charge in [0, 0.05) is 12.6 Å². The molecule has 2 rings (SSSR count). The van der Waals surface area contributed by atoms with Crippen LogP contribution in [0.25, 0.3) is 6.08 Å². The van der Waals surface area contributed by atoms with Crippen molar-refractivity contribution < 1.29 is 9.72 Å². The molecular weight excluding hydrogens is 284 g/mol. The minimum absolute atomic E-state index is 0.0117. The zero-order valence-electron chi connectivity index (χ0n) is 11.6. The SMILES string of the molecule is NC(=O)c1cc([N+](=O)[O-])cnc1NC/C=C/c1ccccc1. The van der Waals surface area contributed by atoms with Crippen molar-refractivity contribution in [3.05, 3.63) is 69.9 Å². The van der Waals surface area contributed by atoms with Gasteiger partial charge < -0.3 is 11.1 Å². The smallest absolute Gasteiger partial charge is 0.288 e. The van der Waals surface area contributed by atoms with Gasteiger partial charge in [-0.25, -0.2) is 4.98 Å². The number of benzene rings is 1. The average Bonchev–Trinajstić information content (AvgIpc) is 2.52. The predicted octanol–water partition coefficient (Wildman–Crippen LogP) is 2.21. The Bertz CT molecular complexity index is 714. The van der Waals surface area contributed by atoms with Crippen molar-refractivity contribution in [2.45, 2.75) is 0 Å². The predicted molar refractivity (Wildman–Crippen MR) is 83.4 cm³/mol. The Morgan fingerprint density at radius 1 is 1.36 bits per heavy atom. The number of anilines is 1. The fraction of sp³-hybridized carbons (Fsp3) is 0.0667. The number of aromatic nitrogens is 1. The first kappa shape index (κ1) is 15.2. The number of carbonyl (C=O) groups is 1. The number of amides is 1. The molecule has 1 aromatic heterocycles. The van der Waals surface area contributed by atoms with Crippen LogP contribution >= 0.6 is 0 Å². The van der Waals surface area contributed by atoms with Gasteiger partial charge in [-0.15, -0.1) is 0 Å². The van der Waals surface area contributed by atoms with Gasteiger partial charge in [-0.05, 0) is 5.56 Å². The summed E-state index contributed by atoms with van der Waals surface area (Å²) in [7, 11) is 0. The maximum atomic E-state index is 11.4. The standard InChI is InChI=1S/C15H14N4O3/c16-14(20)13-9-12(19(21)22)10-18-15(13)17-8-4-7-11-5-2-1-3-6-11/h1-7,9-10H,8H2,(H2,16,20)(H,17,18)/b7-4+. The van der Waals surface area contributed by atoms with Gasteiger partial charge in [-0.3, -0.25) is 14.9 Å². The van der Waals surface area contributed by atoms with Gasteiger partial charge >= 0.3 is 0 Å². The molecule has 7 heteroatoms. The van der Waals surface area contributed by atoms with E-state index in [1.807, 2.05) is 42.5 Å². The number of primary amides is 1. The van der Waals surface area contributed by atoms with Crippen molar-refractivity contribution in [3.8, 4) is 0 Å². The quantitative estimate of drug-likeness (QED) is 0.627. The van der Waals surface area contributed by atoms with Gasteiger partial charge in [-0.1, -0.05) is 42.5 Å². The van der Waals surface area contributed by atoms with Crippen LogP contribution in [0, 0.1) is 10.1 Å². The summed E-state index contributed by atoms with van der Waals surface area (Å²) in [5.74, 6) is -0.554. The average molecular weight is 298 g/mol. The third kappa shape index (κ3) is 3.89. The number of nitrogens with one attached hydrogen (secondary N) is 1. The topological polar surface area (TPSA) is 111 Å². The van der Waals surface area contributed by atoms with Crippen LogP contribution in [0.5, 0.6) is 0 Å². The van der Waals surface area contributed by atoms with E-state index in [0.29, 0.717) is 6.54 Å². The summed E-state index contributed by atoms with van der Waals surface area (Å²) in [6, 6.07) is 10.8. The largest absolute Gasteiger partial charge is 0.366 e. The molecule has 1 amide bonds. The maximum absolute atomic E-state index is 11.4. The number of nitrogens with two attached hydrogens (primary N) is 1. The summed E-state index contributed by atoms with van der Waals surface area (Å²) in [5, 5.41) is 13.6. The summed E-state index contributed by atoms with van der Waals surface area (Å²) < 4.78 is 0. The normalized spacial score (nSPS) is 10.5. The Morgan fingerprint density at radius 2 is 2.09 bits per heavy atom. The molecule has 3 N–H and O–H groups in total. The molecule has 0 radical (unpaired) electrons. The van der Waals surface area contributed by atoms with Crippen LogP contribution in [-0.2, 0) is 0 Å². The summed E-state index contributed by atoms with van der Waals surface area (Å²) in [6.07, 6.45) is 4.83. The first-order chi connectivity index (χ1) is 10.6. The van der Waals surface area contributed by atoms with Crippen LogP contribution in [0.1, 0.15) is 15.9 Å². The molecule has 0 fully saturated rings. The van der Waals surface area contributed by atoms with E-state index in [0.717, 1.165) is 17.8 Å². The first-order valence-corrected chi connectivity index (χ1v) is 6.47. The minimum Gasteiger partial charge on any atom is -0.366 e. The monoisotopic (exact) mass is 298 g/mol. The van der Waals surface area contributed by atoms with Crippen molar-refractivity contribution in [1.82, 2.24) is 4.98 Å². The molecule has 0 unspecified atom stereocenters. The van der Waals surface area contributed by atoms with Gasteiger partial charge in [0.25, 0.3) is 11.6 Å². The zero-order valence-corrected chi connectivity index (χ0v) is 11.6. The Labute approximate surface area is 126 Å². The van der Waals surface area contributed by atoms with E-state index < -0.39 is 10.8 Å². The highest BCUT2D eigenvalue weighted by Crippen LogP contribution is 2.18. The molecule has 0 saturated carbocycles. The number of carbonyl (C=O) groups excluding carboxylic acids is 1. The van der Waals surface area contributed by atoms with Crippen molar-refractivity contribution in [1.29, 1.82) is 0 Å². The molecule has 7 nitrogen and oxygen atoms in total.